The number of hydrogen-bond acceptors (Lipinski definition) is 1. The summed E-state index contributed by atoms with van der Waals surface area (Å²) in [5, 5.41) is 7.26. The van der Waals surface area contributed by atoms with E-state index in [-0.39, 0.29) is 0 Å². The summed E-state index contributed by atoms with van der Waals surface area (Å²) in [4.78, 5) is 0. The van der Waals surface area contributed by atoms with Crippen molar-refractivity contribution in [1.82, 2.24) is 9.13 Å². The molecule has 3 heteroatoms. The van der Waals surface area contributed by atoms with Gasteiger partial charge in [-0.2, -0.15) is 0 Å². The molecule has 0 saturated heterocycles. The number of aromatic nitrogens is 2. The third-order valence-corrected chi connectivity index (χ3v) is 8.10. The van der Waals surface area contributed by atoms with Crippen LogP contribution in [-0.2, 0) is 0 Å². The standard InChI is InChI=1S/C36H22N2O/c1-2-11-23(12-3-1)37-30-17-7-4-13-24(30)28-21-29-25-14-5-8-18-31(25)38(34(29)22-33(28)37)32-19-10-16-27-26-15-6-9-20-35(26)39-36(27)32/h1-22H. The first kappa shape index (κ1) is 20.7. The van der Waals surface area contributed by atoms with E-state index in [1.807, 2.05) is 12.1 Å². The van der Waals surface area contributed by atoms with Gasteiger partial charge in [0.05, 0.1) is 27.8 Å². The lowest BCUT2D eigenvalue weighted by molar-refractivity contribution is 0.666. The molecule has 3 heterocycles. The topological polar surface area (TPSA) is 23.0 Å². The number of benzene rings is 6. The zero-order valence-corrected chi connectivity index (χ0v) is 21.0. The normalized spacial score (nSPS) is 12.1. The van der Waals surface area contributed by atoms with Crippen LogP contribution in [0.1, 0.15) is 0 Å². The number of rotatable bonds is 2. The van der Waals surface area contributed by atoms with Crippen molar-refractivity contribution in [2.45, 2.75) is 0 Å². The summed E-state index contributed by atoms with van der Waals surface area (Å²) in [7, 11) is 0. The van der Waals surface area contributed by atoms with Crippen LogP contribution in [0.5, 0.6) is 0 Å². The van der Waals surface area contributed by atoms with Crippen LogP contribution in [0.25, 0.3) is 76.9 Å². The van der Waals surface area contributed by atoms with Crippen molar-refractivity contribution in [3.05, 3.63) is 133 Å². The van der Waals surface area contributed by atoms with Crippen molar-refractivity contribution < 1.29 is 4.42 Å². The highest BCUT2D eigenvalue weighted by molar-refractivity contribution is 6.20. The molecule has 3 aromatic heterocycles. The minimum atomic E-state index is 0.907. The number of fused-ring (bicyclic) bond motifs is 9. The predicted molar refractivity (Wildman–Crippen MR) is 162 cm³/mol. The zero-order chi connectivity index (χ0) is 25.5. The second kappa shape index (κ2) is 7.62. The Hall–Kier alpha value is -5.28. The van der Waals surface area contributed by atoms with E-state index in [9.17, 15) is 0 Å². The summed E-state index contributed by atoms with van der Waals surface area (Å²) in [6.07, 6.45) is 0. The van der Waals surface area contributed by atoms with E-state index >= 15 is 0 Å². The molecule has 0 radical (unpaired) electrons. The molecule has 0 aliphatic heterocycles. The van der Waals surface area contributed by atoms with E-state index in [1.54, 1.807) is 0 Å². The third-order valence-electron chi connectivity index (χ3n) is 8.10. The maximum atomic E-state index is 6.51. The summed E-state index contributed by atoms with van der Waals surface area (Å²) in [5.41, 5.74) is 8.76. The van der Waals surface area contributed by atoms with E-state index in [1.165, 1.54) is 38.1 Å². The fraction of sp³-hybridized carbons (Fsp3) is 0. The van der Waals surface area contributed by atoms with Gasteiger partial charge in [0.1, 0.15) is 5.58 Å². The second-order valence-corrected chi connectivity index (χ2v) is 10.2. The Morgan fingerprint density at radius 3 is 1.74 bits per heavy atom. The molecule has 0 bridgehead atoms. The Balaban J connectivity index is 1.48. The molecule has 0 N–H and O–H groups in total. The van der Waals surface area contributed by atoms with Crippen LogP contribution in [0, 0.1) is 0 Å². The summed E-state index contributed by atoms with van der Waals surface area (Å²) >= 11 is 0. The average Bonchev–Trinajstić information content (AvgIpc) is 3.64. The lowest BCUT2D eigenvalue weighted by atomic mass is 10.1. The smallest absolute Gasteiger partial charge is 0.159 e. The van der Waals surface area contributed by atoms with Gasteiger partial charge < -0.3 is 13.6 Å². The highest BCUT2D eigenvalue weighted by Gasteiger charge is 2.20. The Morgan fingerprint density at radius 1 is 0.385 bits per heavy atom. The highest BCUT2D eigenvalue weighted by atomic mass is 16.3. The van der Waals surface area contributed by atoms with Crippen LogP contribution in [0.15, 0.2) is 138 Å². The summed E-state index contributed by atoms with van der Waals surface area (Å²) < 4.78 is 11.3. The van der Waals surface area contributed by atoms with Crippen LogP contribution in [0.2, 0.25) is 0 Å². The van der Waals surface area contributed by atoms with Gasteiger partial charge in [-0.15, -0.1) is 0 Å². The molecule has 0 fully saturated rings. The lowest BCUT2D eigenvalue weighted by Gasteiger charge is -2.10. The van der Waals surface area contributed by atoms with E-state index in [2.05, 4.69) is 130 Å². The van der Waals surface area contributed by atoms with Crippen molar-refractivity contribution in [2.24, 2.45) is 0 Å². The van der Waals surface area contributed by atoms with Gasteiger partial charge >= 0.3 is 0 Å². The first-order chi connectivity index (χ1) is 19.4. The molecular formula is C36H22N2O. The molecule has 0 unspecified atom stereocenters. The Kier molecular flexibility index (Phi) is 4.05. The van der Waals surface area contributed by atoms with Crippen LogP contribution >= 0.6 is 0 Å². The predicted octanol–water partition coefficient (Wildman–Crippen LogP) is 9.78. The van der Waals surface area contributed by atoms with Crippen molar-refractivity contribution in [2.75, 3.05) is 0 Å². The van der Waals surface area contributed by atoms with Crippen molar-refractivity contribution in [1.29, 1.82) is 0 Å². The maximum Gasteiger partial charge on any atom is 0.159 e. The van der Waals surface area contributed by atoms with Gasteiger partial charge in [0, 0.05) is 38.0 Å². The van der Waals surface area contributed by atoms with E-state index in [0.717, 1.165) is 38.8 Å². The molecule has 0 amide bonds. The van der Waals surface area contributed by atoms with E-state index in [0.29, 0.717) is 0 Å². The lowest BCUT2D eigenvalue weighted by Crippen LogP contribution is -1.96. The van der Waals surface area contributed by atoms with Gasteiger partial charge in [-0.05, 0) is 48.5 Å². The summed E-state index contributed by atoms with van der Waals surface area (Å²) in [5.74, 6) is 0. The molecule has 182 valence electrons. The van der Waals surface area contributed by atoms with Crippen molar-refractivity contribution in [3.63, 3.8) is 0 Å². The fourth-order valence-electron chi connectivity index (χ4n) is 6.45. The molecule has 0 aliphatic carbocycles. The van der Waals surface area contributed by atoms with Crippen LogP contribution in [-0.4, -0.2) is 9.13 Å². The van der Waals surface area contributed by atoms with Gasteiger partial charge in [-0.25, -0.2) is 0 Å². The van der Waals surface area contributed by atoms with E-state index < -0.39 is 0 Å². The summed E-state index contributed by atoms with van der Waals surface area (Å²) in [6.45, 7) is 0. The monoisotopic (exact) mass is 498 g/mol. The minimum Gasteiger partial charge on any atom is -0.454 e. The number of para-hydroxylation sites is 5. The van der Waals surface area contributed by atoms with Gasteiger partial charge in [0.15, 0.2) is 5.58 Å². The maximum absolute atomic E-state index is 6.51. The molecule has 9 aromatic rings. The molecular weight excluding hydrogens is 476 g/mol. The molecule has 9 rings (SSSR count). The van der Waals surface area contributed by atoms with Gasteiger partial charge in [-0.1, -0.05) is 84.9 Å². The van der Waals surface area contributed by atoms with Gasteiger partial charge in [0.2, 0.25) is 0 Å². The highest BCUT2D eigenvalue weighted by Crippen LogP contribution is 2.41. The van der Waals surface area contributed by atoms with Gasteiger partial charge in [0.25, 0.3) is 0 Å². The molecule has 0 aliphatic rings. The Bertz CT molecular complexity index is 2390. The minimum absolute atomic E-state index is 0.907. The number of hydrogen-bond donors (Lipinski definition) is 0. The SMILES string of the molecule is c1ccc(-n2c3ccccc3c3cc4c5ccccc5n(-c5cccc6c5oc5ccccc56)c4cc32)cc1. The van der Waals surface area contributed by atoms with Crippen molar-refractivity contribution >= 4 is 65.6 Å². The van der Waals surface area contributed by atoms with Crippen molar-refractivity contribution in [3.8, 4) is 11.4 Å². The first-order valence-electron chi connectivity index (χ1n) is 13.3. The first-order valence-corrected chi connectivity index (χ1v) is 13.3. The number of furan rings is 1. The average molecular weight is 499 g/mol. The summed E-state index contributed by atoms with van der Waals surface area (Å²) in [6, 6.07) is 47.5. The van der Waals surface area contributed by atoms with Crippen LogP contribution in [0.3, 0.4) is 0 Å². The molecule has 0 saturated carbocycles. The van der Waals surface area contributed by atoms with Crippen LogP contribution in [0.4, 0.5) is 0 Å². The third kappa shape index (κ3) is 2.76. The zero-order valence-electron chi connectivity index (χ0n) is 21.0. The van der Waals surface area contributed by atoms with Crippen LogP contribution < -0.4 is 0 Å². The molecule has 6 aromatic carbocycles. The second-order valence-electron chi connectivity index (χ2n) is 10.2. The van der Waals surface area contributed by atoms with Gasteiger partial charge in [-0.3, -0.25) is 0 Å². The van der Waals surface area contributed by atoms with E-state index in [4.69, 9.17) is 4.42 Å². The Labute approximate surface area is 223 Å². The molecule has 0 atom stereocenters. The molecule has 0 spiro atoms. The Morgan fingerprint density at radius 2 is 0.974 bits per heavy atom. The largest absolute Gasteiger partial charge is 0.454 e. The molecule has 39 heavy (non-hydrogen) atoms. The quantitative estimate of drug-likeness (QED) is 0.233. The number of nitrogens with zero attached hydrogens (tertiary/aromatic N) is 2. The molecule has 3 nitrogen and oxygen atoms in total. The fourth-order valence-corrected chi connectivity index (χ4v) is 6.45.